The normalized spacial score (nSPS) is 14.0. The summed E-state index contributed by atoms with van der Waals surface area (Å²) in [7, 11) is 4.47. The molecule has 2 aromatic carbocycles. The Hall–Kier alpha value is -4.67. The van der Waals surface area contributed by atoms with Crippen LogP contribution in [-0.4, -0.2) is 55.1 Å². The van der Waals surface area contributed by atoms with Gasteiger partial charge < -0.3 is 24.8 Å². The van der Waals surface area contributed by atoms with Gasteiger partial charge in [0.15, 0.2) is 11.5 Å². The third kappa shape index (κ3) is 6.92. The lowest BCUT2D eigenvalue weighted by Crippen LogP contribution is -2.47. The fourth-order valence-corrected chi connectivity index (χ4v) is 5.03. The van der Waals surface area contributed by atoms with Crippen LogP contribution in [0.3, 0.4) is 0 Å². The summed E-state index contributed by atoms with van der Waals surface area (Å²) >= 11 is 0. The Labute approximate surface area is 239 Å². The zero-order valence-corrected chi connectivity index (χ0v) is 23.7. The summed E-state index contributed by atoms with van der Waals surface area (Å²) in [4.78, 5) is 49.6. The number of carbonyl (C=O) groups is 3. The molecule has 1 saturated carbocycles. The van der Waals surface area contributed by atoms with Gasteiger partial charge in [0.2, 0.25) is 17.6 Å². The number of ether oxygens (including phenoxy) is 3. The van der Waals surface area contributed by atoms with Crippen molar-refractivity contribution in [3.63, 3.8) is 0 Å². The molecule has 1 fully saturated rings. The number of nitrogens with one attached hydrogen (secondary N) is 2. The van der Waals surface area contributed by atoms with E-state index < -0.39 is 11.9 Å². The fraction of sp³-hybridized carbons (Fsp3) is 0.367. The van der Waals surface area contributed by atoms with Crippen molar-refractivity contribution in [3.8, 4) is 17.2 Å². The Morgan fingerprint density at radius 3 is 2.12 bits per heavy atom. The first-order chi connectivity index (χ1) is 19.9. The second kappa shape index (κ2) is 13.6. The van der Waals surface area contributed by atoms with Crippen molar-refractivity contribution in [1.29, 1.82) is 0 Å². The van der Waals surface area contributed by atoms with Crippen LogP contribution in [0.25, 0.3) is 0 Å². The van der Waals surface area contributed by atoms with Crippen molar-refractivity contribution in [1.82, 2.24) is 15.3 Å². The zero-order chi connectivity index (χ0) is 29.4. The van der Waals surface area contributed by atoms with Crippen LogP contribution in [0.4, 0.5) is 11.4 Å². The van der Waals surface area contributed by atoms with Gasteiger partial charge in [0.1, 0.15) is 11.7 Å². The number of benzene rings is 2. The Morgan fingerprint density at radius 1 is 0.927 bits per heavy atom. The SMILES string of the molecule is COc1cc([C@H](C(=O)NC2CCCCC2)N(C(=O)c2cnccn2)c2ccc(NC(C)=O)cc2)cc(OC)c1OC. The second-order valence-corrected chi connectivity index (χ2v) is 9.70. The van der Waals surface area contributed by atoms with Crippen molar-refractivity contribution in [3.05, 3.63) is 66.2 Å². The molecule has 11 nitrogen and oxygen atoms in total. The average molecular weight is 562 g/mol. The van der Waals surface area contributed by atoms with E-state index in [0.29, 0.717) is 34.2 Å². The first-order valence-electron chi connectivity index (χ1n) is 13.4. The van der Waals surface area contributed by atoms with Gasteiger partial charge in [0, 0.05) is 36.7 Å². The van der Waals surface area contributed by atoms with E-state index in [1.807, 2.05) is 0 Å². The van der Waals surface area contributed by atoms with Crippen LogP contribution < -0.4 is 29.7 Å². The third-order valence-electron chi connectivity index (χ3n) is 6.93. The van der Waals surface area contributed by atoms with Crippen molar-refractivity contribution >= 4 is 29.1 Å². The first kappa shape index (κ1) is 29.3. The molecule has 0 unspecified atom stereocenters. The minimum atomic E-state index is -1.15. The largest absolute Gasteiger partial charge is 0.493 e. The van der Waals surface area contributed by atoms with Gasteiger partial charge >= 0.3 is 0 Å². The molecule has 216 valence electrons. The predicted octanol–water partition coefficient (Wildman–Crippen LogP) is 4.30. The Kier molecular flexibility index (Phi) is 9.73. The Bertz CT molecular complexity index is 1330. The minimum Gasteiger partial charge on any atom is -0.493 e. The molecule has 1 atom stereocenters. The lowest BCUT2D eigenvalue weighted by Gasteiger charge is -2.33. The standard InChI is InChI=1S/C30H35N5O6/c1-19(36)33-22-10-12-23(13-11-22)35(30(38)24-18-31-14-15-32-24)27(29(37)34-21-8-6-5-7-9-21)20-16-25(39-2)28(41-4)26(17-20)40-3/h10-18,21,27H,5-9H2,1-4H3,(H,33,36)(H,34,37)/t27-/m1/s1. The molecule has 2 N–H and O–H groups in total. The highest BCUT2D eigenvalue weighted by molar-refractivity contribution is 6.09. The van der Waals surface area contributed by atoms with Crippen molar-refractivity contribution in [2.45, 2.75) is 51.1 Å². The second-order valence-electron chi connectivity index (χ2n) is 9.70. The summed E-state index contributed by atoms with van der Waals surface area (Å²) in [5, 5.41) is 5.90. The number of methoxy groups -OCH3 is 3. The highest BCUT2D eigenvalue weighted by atomic mass is 16.5. The van der Waals surface area contributed by atoms with Crippen molar-refractivity contribution in [2.75, 3.05) is 31.5 Å². The summed E-state index contributed by atoms with van der Waals surface area (Å²) < 4.78 is 16.7. The van der Waals surface area contributed by atoms with Crippen molar-refractivity contribution < 1.29 is 28.6 Å². The molecule has 1 aliphatic rings. The summed E-state index contributed by atoms with van der Waals surface area (Å²) in [5.41, 5.74) is 1.45. The lowest BCUT2D eigenvalue weighted by molar-refractivity contribution is -0.123. The summed E-state index contributed by atoms with van der Waals surface area (Å²) in [6.07, 6.45) is 9.12. The molecule has 11 heteroatoms. The molecule has 0 spiro atoms. The zero-order valence-electron chi connectivity index (χ0n) is 23.7. The van der Waals surface area contributed by atoms with Crippen LogP contribution in [0.15, 0.2) is 55.0 Å². The van der Waals surface area contributed by atoms with Crippen LogP contribution in [0, 0.1) is 0 Å². The van der Waals surface area contributed by atoms with E-state index in [1.165, 1.54) is 51.7 Å². The number of amides is 3. The van der Waals surface area contributed by atoms with E-state index in [0.717, 1.165) is 32.1 Å². The van der Waals surface area contributed by atoms with Gasteiger partial charge in [-0.05, 0) is 54.8 Å². The summed E-state index contributed by atoms with van der Waals surface area (Å²) in [5.74, 6) is -0.100. The molecule has 1 aliphatic carbocycles. The number of carbonyl (C=O) groups excluding carboxylic acids is 3. The maximum Gasteiger partial charge on any atom is 0.279 e. The van der Waals surface area contributed by atoms with Gasteiger partial charge in [-0.3, -0.25) is 24.3 Å². The van der Waals surface area contributed by atoms with E-state index in [2.05, 4.69) is 20.6 Å². The van der Waals surface area contributed by atoms with Gasteiger partial charge in [-0.1, -0.05) is 19.3 Å². The van der Waals surface area contributed by atoms with Crippen LogP contribution in [-0.2, 0) is 9.59 Å². The van der Waals surface area contributed by atoms with E-state index in [1.54, 1.807) is 36.4 Å². The molecule has 3 aromatic rings. The number of anilines is 2. The van der Waals surface area contributed by atoms with Gasteiger partial charge in [-0.15, -0.1) is 0 Å². The van der Waals surface area contributed by atoms with E-state index >= 15 is 0 Å². The number of hydrogen-bond donors (Lipinski definition) is 2. The van der Waals surface area contributed by atoms with E-state index in [4.69, 9.17) is 14.2 Å². The summed E-state index contributed by atoms with van der Waals surface area (Å²) in [6.45, 7) is 1.41. The minimum absolute atomic E-state index is 0.0172. The topological polar surface area (TPSA) is 132 Å². The quantitative estimate of drug-likeness (QED) is 0.375. The molecule has 1 aromatic heterocycles. The maximum atomic E-state index is 14.2. The van der Waals surface area contributed by atoms with Crippen LogP contribution in [0.2, 0.25) is 0 Å². The molecule has 0 bridgehead atoms. The smallest absolute Gasteiger partial charge is 0.279 e. The fourth-order valence-electron chi connectivity index (χ4n) is 5.03. The molecule has 1 heterocycles. The highest BCUT2D eigenvalue weighted by Gasteiger charge is 2.36. The Balaban J connectivity index is 1.89. The Morgan fingerprint density at radius 2 is 1.59 bits per heavy atom. The van der Waals surface area contributed by atoms with Gasteiger partial charge in [0.25, 0.3) is 5.91 Å². The number of nitrogens with zero attached hydrogens (tertiary/aromatic N) is 3. The lowest BCUT2D eigenvalue weighted by atomic mass is 9.94. The molecule has 4 rings (SSSR count). The van der Waals surface area contributed by atoms with E-state index in [-0.39, 0.29) is 23.6 Å². The molecule has 0 radical (unpaired) electrons. The monoisotopic (exact) mass is 561 g/mol. The number of rotatable bonds is 10. The van der Waals surface area contributed by atoms with Gasteiger partial charge in [-0.25, -0.2) is 4.98 Å². The molecule has 41 heavy (non-hydrogen) atoms. The molecular formula is C30H35N5O6. The first-order valence-corrected chi connectivity index (χ1v) is 13.4. The molecule has 0 aliphatic heterocycles. The highest BCUT2D eigenvalue weighted by Crippen LogP contribution is 2.42. The number of hydrogen-bond acceptors (Lipinski definition) is 8. The molecule has 0 saturated heterocycles. The average Bonchev–Trinajstić information content (AvgIpc) is 2.99. The van der Waals surface area contributed by atoms with Crippen LogP contribution in [0.5, 0.6) is 17.2 Å². The van der Waals surface area contributed by atoms with E-state index in [9.17, 15) is 14.4 Å². The maximum absolute atomic E-state index is 14.2. The molecule has 3 amide bonds. The van der Waals surface area contributed by atoms with Crippen LogP contribution in [0.1, 0.15) is 61.1 Å². The molecular weight excluding hydrogens is 526 g/mol. The number of aromatic nitrogens is 2. The van der Waals surface area contributed by atoms with Crippen molar-refractivity contribution in [2.24, 2.45) is 0 Å². The summed E-state index contributed by atoms with van der Waals surface area (Å²) in [6, 6.07) is 8.82. The van der Waals surface area contributed by atoms with Crippen LogP contribution >= 0.6 is 0 Å². The predicted molar refractivity (Wildman–Crippen MR) is 153 cm³/mol. The van der Waals surface area contributed by atoms with Gasteiger partial charge in [0.05, 0.1) is 27.5 Å². The van der Waals surface area contributed by atoms with Gasteiger partial charge in [-0.2, -0.15) is 0 Å². The third-order valence-corrected chi connectivity index (χ3v) is 6.93.